The summed E-state index contributed by atoms with van der Waals surface area (Å²) in [4.78, 5) is 27.5. The zero-order valence-electron chi connectivity index (χ0n) is 13.6. The largest absolute Gasteiger partial charge is 0.343 e. The monoisotopic (exact) mass is 321 g/mol. The lowest BCUT2D eigenvalue weighted by Crippen LogP contribution is -2.41. The SMILES string of the molecule is CCN(Cc1cccc(F)c1)C(=O)NCCC(=O)N1CCCC1. The fourth-order valence-electron chi connectivity index (χ4n) is 2.70. The van der Waals surface area contributed by atoms with Crippen LogP contribution in [0.25, 0.3) is 0 Å². The fourth-order valence-corrected chi connectivity index (χ4v) is 2.70. The van der Waals surface area contributed by atoms with Gasteiger partial charge in [-0.2, -0.15) is 0 Å². The Labute approximate surface area is 136 Å². The van der Waals surface area contributed by atoms with Crippen LogP contribution in [0.3, 0.4) is 0 Å². The van der Waals surface area contributed by atoms with Gasteiger partial charge in [0.05, 0.1) is 0 Å². The number of nitrogens with zero attached hydrogens (tertiary/aromatic N) is 2. The van der Waals surface area contributed by atoms with Gasteiger partial charge in [0.2, 0.25) is 5.91 Å². The summed E-state index contributed by atoms with van der Waals surface area (Å²) < 4.78 is 13.2. The second-order valence-corrected chi connectivity index (χ2v) is 5.71. The Morgan fingerprint density at radius 3 is 2.70 bits per heavy atom. The molecule has 3 amide bonds. The molecule has 0 atom stereocenters. The summed E-state index contributed by atoms with van der Waals surface area (Å²) in [6.45, 7) is 4.71. The van der Waals surface area contributed by atoms with Crippen molar-refractivity contribution in [2.75, 3.05) is 26.2 Å². The smallest absolute Gasteiger partial charge is 0.317 e. The number of likely N-dealkylation sites (tertiary alicyclic amines) is 1. The minimum atomic E-state index is -0.310. The Morgan fingerprint density at radius 1 is 1.30 bits per heavy atom. The maximum absolute atomic E-state index is 13.2. The normalized spacial score (nSPS) is 13.9. The van der Waals surface area contributed by atoms with E-state index in [1.807, 2.05) is 11.8 Å². The van der Waals surface area contributed by atoms with Crippen LogP contribution in [-0.2, 0) is 11.3 Å². The van der Waals surface area contributed by atoms with Crippen molar-refractivity contribution in [3.63, 3.8) is 0 Å². The Bertz CT molecular complexity index is 544. The molecule has 0 aliphatic carbocycles. The van der Waals surface area contributed by atoms with Gasteiger partial charge in [0.15, 0.2) is 0 Å². The van der Waals surface area contributed by atoms with E-state index in [4.69, 9.17) is 0 Å². The number of benzene rings is 1. The van der Waals surface area contributed by atoms with Crippen LogP contribution < -0.4 is 5.32 Å². The van der Waals surface area contributed by atoms with E-state index in [2.05, 4.69) is 5.32 Å². The number of nitrogens with one attached hydrogen (secondary N) is 1. The van der Waals surface area contributed by atoms with E-state index in [-0.39, 0.29) is 17.8 Å². The zero-order chi connectivity index (χ0) is 16.7. The molecule has 1 aromatic rings. The van der Waals surface area contributed by atoms with Crippen molar-refractivity contribution >= 4 is 11.9 Å². The van der Waals surface area contributed by atoms with Crippen LogP contribution in [-0.4, -0.2) is 47.9 Å². The van der Waals surface area contributed by atoms with Gasteiger partial charge in [0, 0.05) is 39.1 Å². The number of hydrogen-bond donors (Lipinski definition) is 1. The zero-order valence-corrected chi connectivity index (χ0v) is 13.6. The second-order valence-electron chi connectivity index (χ2n) is 5.71. The molecule has 0 spiro atoms. The van der Waals surface area contributed by atoms with Crippen LogP contribution in [0.1, 0.15) is 31.7 Å². The van der Waals surface area contributed by atoms with Crippen molar-refractivity contribution in [1.82, 2.24) is 15.1 Å². The van der Waals surface area contributed by atoms with Crippen molar-refractivity contribution in [2.24, 2.45) is 0 Å². The summed E-state index contributed by atoms with van der Waals surface area (Å²) in [5, 5.41) is 2.77. The van der Waals surface area contributed by atoms with Crippen LogP contribution in [0.5, 0.6) is 0 Å². The Balaban J connectivity index is 1.77. The lowest BCUT2D eigenvalue weighted by atomic mass is 10.2. The standard InChI is InChI=1S/C17H24FN3O2/c1-2-20(13-14-6-5-7-15(18)12-14)17(23)19-9-8-16(22)21-10-3-4-11-21/h5-7,12H,2-4,8-11,13H2,1H3,(H,19,23). The second kappa shape index (κ2) is 8.50. The summed E-state index contributed by atoms with van der Waals surface area (Å²) in [5.41, 5.74) is 0.746. The van der Waals surface area contributed by atoms with Gasteiger partial charge in [-0.1, -0.05) is 12.1 Å². The van der Waals surface area contributed by atoms with Crippen molar-refractivity contribution in [2.45, 2.75) is 32.7 Å². The van der Waals surface area contributed by atoms with Crippen LogP contribution >= 0.6 is 0 Å². The van der Waals surface area contributed by atoms with Crippen LogP contribution in [0, 0.1) is 5.82 Å². The number of rotatable bonds is 6. The first-order valence-corrected chi connectivity index (χ1v) is 8.15. The summed E-state index contributed by atoms with van der Waals surface area (Å²) >= 11 is 0. The Morgan fingerprint density at radius 2 is 2.04 bits per heavy atom. The van der Waals surface area contributed by atoms with Gasteiger partial charge in [-0.15, -0.1) is 0 Å². The third kappa shape index (κ3) is 5.23. The summed E-state index contributed by atoms with van der Waals surface area (Å²) in [6, 6.07) is 5.99. The first-order chi connectivity index (χ1) is 11.1. The van der Waals surface area contributed by atoms with Gasteiger partial charge in [-0.05, 0) is 37.5 Å². The molecule has 0 radical (unpaired) electrons. The third-order valence-corrected chi connectivity index (χ3v) is 4.01. The molecule has 23 heavy (non-hydrogen) atoms. The molecular formula is C17H24FN3O2. The molecule has 6 heteroatoms. The first kappa shape index (κ1) is 17.2. The minimum Gasteiger partial charge on any atom is -0.343 e. The predicted molar refractivity (Wildman–Crippen MR) is 86.3 cm³/mol. The topological polar surface area (TPSA) is 52.7 Å². The lowest BCUT2D eigenvalue weighted by molar-refractivity contribution is -0.129. The molecular weight excluding hydrogens is 297 g/mol. The average Bonchev–Trinajstić information content (AvgIpc) is 3.07. The van der Waals surface area contributed by atoms with Gasteiger partial charge in [-0.25, -0.2) is 9.18 Å². The first-order valence-electron chi connectivity index (χ1n) is 8.15. The summed E-state index contributed by atoms with van der Waals surface area (Å²) in [7, 11) is 0. The molecule has 1 fully saturated rings. The maximum Gasteiger partial charge on any atom is 0.317 e. The summed E-state index contributed by atoms with van der Waals surface area (Å²) in [5.74, 6) is -0.217. The highest BCUT2D eigenvalue weighted by Gasteiger charge is 2.18. The molecule has 0 aromatic heterocycles. The number of hydrogen-bond acceptors (Lipinski definition) is 2. The van der Waals surface area contributed by atoms with E-state index in [1.54, 1.807) is 17.0 Å². The highest BCUT2D eigenvalue weighted by molar-refractivity contribution is 5.78. The molecule has 0 unspecified atom stereocenters. The molecule has 0 saturated carbocycles. The molecule has 1 aromatic carbocycles. The number of halogens is 1. The van der Waals surface area contributed by atoms with Gasteiger partial charge >= 0.3 is 6.03 Å². The lowest BCUT2D eigenvalue weighted by Gasteiger charge is -2.22. The third-order valence-electron chi connectivity index (χ3n) is 4.01. The molecule has 0 bridgehead atoms. The van der Waals surface area contributed by atoms with Gasteiger partial charge < -0.3 is 15.1 Å². The number of urea groups is 1. The Kier molecular flexibility index (Phi) is 6.38. The molecule has 1 aliphatic heterocycles. The Hall–Kier alpha value is -2.11. The van der Waals surface area contributed by atoms with Crippen LogP contribution in [0.2, 0.25) is 0 Å². The number of amides is 3. The molecule has 5 nitrogen and oxygen atoms in total. The fraction of sp³-hybridized carbons (Fsp3) is 0.529. The highest BCUT2D eigenvalue weighted by atomic mass is 19.1. The van der Waals surface area contributed by atoms with E-state index in [0.717, 1.165) is 31.5 Å². The maximum atomic E-state index is 13.2. The van der Waals surface area contributed by atoms with Crippen LogP contribution in [0.15, 0.2) is 24.3 Å². The van der Waals surface area contributed by atoms with Crippen molar-refractivity contribution in [3.05, 3.63) is 35.6 Å². The number of carbonyl (C=O) groups excluding carboxylic acids is 2. The molecule has 1 heterocycles. The predicted octanol–water partition coefficient (Wildman–Crippen LogP) is 2.37. The molecule has 2 rings (SSSR count). The molecule has 1 N–H and O–H groups in total. The molecule has 1 saturated heterocycles. The molecule has 1 aliphatic rings. The van der Waals surface area contributed by atoms with E-state index >= 15 is 0 Å². The van der Waals surface area contributed by atoms with Gasteiger partial charge in [0.25, 0.3) is 0 Å². The summed E-state index contributed by atoms with van der Waals surface area (Å²) in [6.07, 6.45) is 2.45. The van der Waals surface area contributed by atoms with Gasteiger partial charge in [-0.3, -0.25) is 4.79 Å². The van der Waals surface area contributed by atoms with Gasteiger partial charge in [0.1, 0.15) is 5.82 Å². The number of carbonyl (C=O) groups is 2. The van der Waals surface area contributed by atoms with Crippen molar-refractivity contribution in [3.8, 4) is 0 Å². The minimum absolute atomic E-state index is 0.0935. The quantitative estimate of drug-likeness (QED) is 0.874. The van der Waals surface area contributed by atoms with E-state index in [1.165, 1.54) is 12.1 Å². The average molecular weight is 321 g/mol. The molecule has 126 valence electrons. The van der Waals surface area contributed by atoms with Crippen LogP contribution in [0.4, 0.5) is 9.18 Å². The van der Waals surface area contributed by atoms with E-state index in [9.17, 15) is 14.0 Å². The van der Waals surface area contributed by atoms with E-state index in [0.29, 0.717) is 26.1 Å². The van der Waals surface area contributed by atoms with Crippen molar-refractivity contribution in [1.29, 1.82) is 0 Å². The van der Waals surface area contributed by atoms with E-state index < -0.39 is 0 Å². The van der Waals surface area contributed by atoms with Crippen molar-refractivity contribution < 1.29 is 14.0 Å². The highest BCUT2D eigenvalue weighted by Crippen LogP contribution is 2.09.